The van der Waals surface area contributed by atoms with Crippen molar-refractivity contribution in [3.05, 3.63) is 0 Å². The van der Waals surface area contributed by atoms with Crippen molar-refractivity contribution in [2.75, 3.05) is 6.54 Å². The van der Waals surface area contributed by atoms with E-state index in [1.54, 1.807) is 0 Å². The van der Waals surface area contributed by atoms with Gasteiger partial charge in [0.15, 0.2) is 0 Å². The Morgan fingerprint density at radius 1 is 1.56 bits per heavy atom. The molecule has 0 saturated heterocycles. The van der Waals surface area contributed by atoms with Gasteiger partial charge in [-0.15, -0.1) is 0 Å². The molecule has 50 valence electrons. The third-order valence-electron chi connectivity index (χ3n) is 0.544. The van der Waals surface area contributed by atoms with Crippen molar-refractivity contribution in [3.8, 4) is 0 Å². The van der Waals surface area contributed by atoms with E-state index in [9.17, 15) is 14.4 Å². The zero-order chi connectivity index (χ0) is 7.28. The van der Waals surface area contributed by atoms with Gasteiger partial charge in [-0.1, -0.05) is 0 Å². The van der Waals surface area contributed by atoms with Crippen molar-refractivity contribution in [2.24, 2.45) is 5.73 Å². The fourth-order valence-electron chi connectivity index (χ4n) is 0.216. The molecule has 0 aromatic heterocycles. The summed E-state index contributed by atoms with van der Waals surface area (Å²) in [6.07, 6.45) is 0.0724. The average molecular weight is 130 g/mol. The second-order valence-corrected chi connectivity index (χ2v) is 1.30. The standard InChI is InChI=1S/C4H6N2O3/c5-3(8)1-6-4(9)2-7/h2H,1H2,(H2,5,8)(H,6,9). The first-order valence-corrected chi connectivity index (χ1v) is 2.18. The van der Waals surface area contributed by atoms with Crippen molar-refractivity contribution in [2.45, 2.75) is 0 Å². The van der Waals surface area contributed by atoms with Gasteiger partial charge in [0.2, 0.25) is 12.2 Å². The van der Waals surface area contributed by atoms with Crippen LogP contribution in [0.2, 0.25) is 0 Å². The fraction of sp³-hybridized carbons (Fsp3) is 0.250. The van der Waals surface area contributed by atoms with E-state index < -0.39 is 11.8 Å². The third-order valence-corrected chi connectivity index (χ3v) is 0.544. The number of nitrogens with one attached hydrogen (secondary N) is 1. The van der Waals surface area contributed by atoms with Crippen LogP contribution in [0.4, 0.5) is 0 Å². The van der Waals surface area contributed by atoms with Crippen molar-refractivity contribution < 1.29 is 14.4 Å². The van der Waals surface area contributed by atoms with Gasteiger partial charge in [-0.2, -0.15) is 0 Å². The molecule has 0 spiro atoms. The summed E-state index contributed by atoms with van der Waals surface area (Å²) in [5.74, 6) is -1.51. The second kappa shape index (κ2) is 3.59. The van der Waals surface area contributed by atoms with E-state index in [4.69, 9.17) is 0 Å². The predicted molar refractivity (Wildman–Crippen MR) is 28.3 cm³/mol. The summed E-state index contributed by atoms with van der Waals surface area (Å²) in [5.41, 5.74) is 4.63. The molecule has 0 heterocycles. The number of rotatable bonds is 3. The summed E-state index contributed by atoms with van der Waals surface area (Å²) in [5, 5.41) is 1.95. The molecule has 0 saturated carbocycles. The molecular weight excluding hydrogens is 124 g/mol. The van der Waals surface area contributed by atoms with Crippen LogP contribution in [0, 0.1) is 0 Å². The first-order valence-electron chi connectivity index (χ1n) is 2.18. The molecule has 5 heteroatoms. The lowest BCUT2D eigenvalue weighted by molar-refractivity contribution is -0.132. The zero-order valence-electron chi connectivity index (χ0n) is 4.59. The summed E-state index contributed by atoms with van der Waals surface area (Å²) in [7, 11) is 0. The van der Waals surface area contributed by atoms with Gasteiger partial charge < -0.3 is 11.1 Å². The Bertz CT molecular complexity index is 143. The Labute approximate surface area is 51.2 Å². The molecule has 5 nitrogen and oxygen atoms in total. The average Bonchev–Trinajstić information content (AvgIpc) is 1.83. The quantitative estimate of drug-likeness (QED) is 0.335. The minimum Gasteiger partial charge on any atom is -0.368 e. The van der Waals surface area contributed by atoms with Gasteiger partial charge >= 0.3 is 0 Å². The first-order chi connectivity index (χ1) is 4.16. The van der Waals surface area contributed by atoms with Gasteiger partial charge in [0, 0.05) is 0 Å². The molecule has 0 aromatic carbocycles. The van der Waals surface area contributed by atoms with E-state index in [0.717, 1.165) is 0 Å². The van der Waals surface area contributed by atoms with E-state index in [0.29, 0.717) is 0 Å². The van der Waals surface area contributed by atoms with Gasteiger partial charge in [0.1, 0.15) is 0 Å². The van der Waals surface area contributed by atoms with Crippen molar-refractivity contribution >= 4 is 18.1 Å². The molecule has 9 heavy (non-hydrogen) atoms. The van der Waals surface area contributed by atoms with E-state index in [-0.39, 0.29) is 12.8 Å². The normalized spacial score (nSPS) is 8.00. The van der Waals surface area contributed by atoms with Crippen LogP contribution in [0.25, 0.3) is 0 Å². The molecule has 0 rings (SSSR count). The fourth-order valence-corrected chi connectivity index (χ4v) is 0.216. The SMILES string of the molecule is NC(=O)CNC(=O)C=O. The van der Waals surface area contributed by atoms with E-state index in [2.05, 4.69) is 5.73 Å². The van der Waals surface area contributed by atoms with Crippen molar-refractivity contribution in [1.82, 2.24) is 5.32 Å². The van der Waals surface area contributed by atoms with Crippen LogP contribution < -0.4 is 11.1 Å². The number of amides is 2. The van der Waals surface area contributed by atoms with E-state index in [1.165, 1.54) is 0 Å². The Morgan fingerprint density at radius 3 is 2.44 bits per heavy atom. The van der Waals surface area contributed by atoms with Crippen LogP contribution in [0.5, 0.6) is 0 Å². The van der Waals surface area contributed by atoms with Crippen LogP contribution in [0.15, 0.2) is 0 Å². The number of hydrogen-bond donors (Lipinski definition) is 2. The van der Waals surface area contributed by atoms with E-state index in [1.807, 2.05) is 5.32 Å². The number of carbonyl (C=O) groups is 3. The lowest BCUT2D eigenvalue weighted by atomic mass is 10.6. The minimum absolute atomic E-state index is 0.0724. The molecule has 0 radical (unpaired) electrons. The van der Waals surface area contributed by atoms with E-state index >= 15 is 0 Å². The largest absolute Gasteiger partial charge is 0.368 e. The number of hydrogen-bond acceptors (Lipinski definition) is 3. The van der Waals surface area contributed by atoms with Gasteiger partial charge in [-0.25, -0.2) is 0 Å². The maximum atomic E-state index is 10.0. The Balaban J connectivity index is 3.39. The summed E-state index contributed by atoms with van der Waals surface area (Å²) < 4.78 is 0. The molecule has 3 N–H and O–H groups in total. The van der Waals surface area contributed by atoms with Crippen LogP contribution in [-0.4, -0.2) is 24.6 Å². The molecule has 2 amide bonds. The van der Waals surface area contributed by atoms with Gasteiger partial charge in [0.05, 0.1) is 6.54 Å². The van der Waals surface area contributed by atoms with Gasteiger partial charge in [0.25, 0.3) is 5.91 Å². The molecule has 0 unspecified atom stereocenters. The maximum Gasteiger partial charge on any atom is 0.284 e. The lowest BCUT2D eigenvalue weighted by Gasteiger charge is -1.92. The third kappa shape index (κ3) is 4.46. The Morgan fingerprint density at radius 2 is 2.11 bits per heavy atom. The van der Waals surface area contributed by atoms with Crippen LogP contribution in [0.3, 0.4) is 0 Å². The minimum atomic E-state index is -0.839. The molecule has 0 aromatic rings. The molecule has 0 aliphatic rings. The molecule has 0 aliphatic heterocycles. The van der Waals surface area contributed by atoms with Crippen LogP contribution >= 0.6 is 0 Å². The maximum absolute atomic E-state index is 10.0. The highest BCUT2D eigenvalue weighted by molar-refractivity contribution is 6.24. The topological polar surface area (TPSA) is 89.3 Å². The smallest absolute Gasteiger partial charge is 0.284 e. The summed E-state index contributed by atoms with van der Waals surface area (Å²) in [6.45, 7) is -0.294. The highest BCUT2D eigenvalue weighted by Gasteiger charge is 1.97. The molecule has 0 bridgehead atoms. The van der Waals surface area contributed by atoms with Crippen LogP contribution in [-0.2, 0) is 14.4 Å². The number of nitrogens with two attached hydrogens (primary N) is 1. The molecule has 0 fully saturated rings. The Hall–Kier alpha value is -1.39. The molecule has 0 aliphatic carbocycles. The lowest BCUT2D eigenvalue weighted by Crippen LogP contribution is -2.33. The first kappa shape index (κ1) is 7.61. The summed E-state index contributed by atoms with van der Waals surface area (Å²) in [6, 6.07) is 0. The van der Waals surface area contributed by atoms with Crippen molar-refractivity contribution in [3.63, 3.8) is 0 Å². The highest BCUT2D eigenvalue weighted by atomic mass is 16.2. The van der Waals surface area contributed by atoms with Gasteiger partial charge in [-0.3, -0.25) is 14.4 Å². The number of primary amides is 1. The Kier molecular flexibility index (Phi) is 3.04. The highest BCUT2D eigenvalue weighted by Crippen LogP contribution is 1.56. The molecule has 0 atom stereocenters. The predicted octanol–water partition coefficient (Wildman–Crippen LogP) is -2.21. The molecular formula is C4H6N2O3. The second-order valence-electron chi connectivity index (χ2n) is 1.30. The zero-order valence-corrected chi connectivity index (χ0v) is 4.59. The number of aldehydes is 1. The summed E-state index contributed by atoms with van der Waals surface area (Å²) in [4.78, 5) is 29.5. The summed E-state index contributed by atoms with van der Waals surface area (Å²) >= 11 is 0. The van der Waals surface area contributed by atoms with Crippen LogP contribution in [0.1, 0.15) is 0 Å². The van der Waals surface area contributed by atoms with Crippen molar-refractivity contribution in [1.29, 1.82) is 0 Å². The monoisotopic (exact) mass is 130 g/mol. The van der Waals surface area contributed by atoms with Gasteiger partial charge in [-0.05, 0) is 0 Å². The number of carbonyl (C=O) groups excluding carboxylic acids is 3.